The Morgan fingerprint density at radius 3 is 0.951 bits per heavy atom. The van der Waals surface area contributed by atoms with E-state index in [1.807, 2.05) is 0 Å². The summed E-state index contributed by atoms with van der Waals surface area (Å²) >= 11 is 0. The van der Waals surface area contributed by atoms with Crippen molar-refractivity contribution in [3.05, 3.63) is 255 Å². The Labute approximate surface area is 362 Å². The topological polar surface area (TPSA) is 6.48 Å². The van der Waals surface area contributed by atoms with Crippen LogP contribution in [0.15, 0.2) is 182 Å². The maximum Gasteiger partial charge on any atom is 0.218 e. The first-order valence-corrected chi connectivity index (χ1v) is 21.9. The van der Waals surface area contributed by atoms with E-state index < -0.39 is 0 Å². The molecule has 2 unspecified atom stereocenters. The molecule has 0 amide bonds. The Balaban J connectivity index is 1.28. The minimum Gasteiger partial charge on any atom is -0.307 e. The van der Waals surface area contributed by atoms with Crippen LogP contribution in [0, 0.1) is 20.5 Å². The van der Waals surface area contributed by atoms with Gasteiger partial charge in [0, 0.05) is 40.2 Å². The second kappa shape index (κ2) is 15.8. The largest absolute Gasteiger partial charge is 0.307 e. The van der Waals surface area contributed by atoms with E-state index in [-0.39, 0.29) is 23.7 Å². The van der Waals surface area contributed by atoms with Gasteiger partial charge in [-0.15, -0.1) is 0 Å². The molecule has 2 nitrogen and oxygen atoms in total. The van der Waals surface area contributed by atoms with Crippen LogP contribution in [-0.2, 0) is 0 Å². The van der Waals surface area contributed by atoms with E-state index in [0.29, 0.717) is 0 Å². The lowest BCUT2D eigenvalue weighted by Gasteiger charge is -2.34. The van der Waals surface area contributed by atoms with Gasteiger partial charge in [-0.25, -0.2) is 0 Å². The van der Waals surface area contributed by atoms with Crippen LogP contribution >= 0.6 is 0 Å². The van der Waals surface area contributed by atoms with Gasteiger partial charge in [-0.2, -0.15) is 0 Å². The third-order valence-electron chi connectivity index (χ3n) is 13.4. The Bertz CT molecular complexity index is 2580. The molecule has 4 atom stereocenters. The first kappa shape index (κ1) is 38.6. The zero-order chi connectivity index (χ0) is 41.8. The lowest BCUT2D eigenvalue weighted by atomic mass is 9.83. The van der Waals surface area contributed by atoms with Gasteiger partial charge >= 0.3 is 0 Å². The molecule has 8 aromatic carbocycles. The summed E-state index contributed by atoms with van der Waals surface area (Å²) in [4.78, 5) is 4.95. The molecule has 0 aromatic heterocycles. The van der Waals surface area contributed by atoms with Crippen LogP contribution < -0.4 is 9.80 Å². The van der Waals surface area contributed by atoms with Crippen molar-refractivity contribution >= 4 is 33.5 Å². The van der Waals surface area contributed by atoms with E-state index in [9.17, 15) is 0 Å². The van der Waals surface area contributed by atoms with Gasteiger partial charge in [0.2, 0.25) is 6.67 Å². The SMILES string of the molecule is Cc1cc(C(C)c2ccccc2)c(N2[C]N(c3c(C(C)c4ccccc4)cc(C)cc3[C@@H](C)c3ccccc3)C3=C2c2cccc4cccc3c24)c([C@@H](C)c2ccccc2)c1. The van der Waals surface area contributed by atoms with Crippen molar-refractivity contribution in [1.29, 1.82) is 0 Å². The number of fused-ring (bicyclic) bond motifs is 2. The third-order valence-corrected chi connectivity index (χ3v) is 13.4. The summed E-state index contributed by atoms with van der Waals surface area (Å²) in [5.74, 6) is 0.496. The number of hydrogen-bond acceptors (Lipinski definition) is 2. The fourth-order valence-electron chi connectivity index (χ4n) is 10.2. The van der Waals surface area contributed by atoms with E-state index in [1.54, 1.807) is 0 Å². The maximum atomic E-state index is 4.23. The molecule has 1 aliphatic carbocycles. The van der Waals surface area contributed by atoms with Gasteiger partial charge in [0.05, 0.1) is 22.8 Å². The predicted molar refractivity (Wildman–Crippen MR) is 257 cm³/mol. The van der Waals surface area contributed by atoms with Crippen molar-refractivity contribution < 1.29 is 0 Å². The fraction of sp³-hybridized carbons (Fsp3) is 0.169. The molecule has 1 aliphatic heterocycles. The second-order valence-corrected chi connectivity index (χ2v) is 17.3. The number of rotatable bonds is 10. The van der Waals surface area contributed by atoms with E-state index in [1.165, 1.54) is 100 Å². The summed E-state index contributed by atoms with van der Waals surface area (Å²) in [5, 5.41) is 2.56. The van der Waals surface area contributed by atoms with E-state index >= 15 is 0 Å². The van der Waals surface area contributed by atoms with Crippen molar-refractivity contribution in [1.82, 2.24) is 0 Å². The van der Waals surface area contributed by atoms with Gasteiger partial charge < -0.3 is 9.80 Å². The van der Waals surface area contributed by atoms with Crippen molar-refractivity contribution in [2.45, 2.75) is 65.2 Å². The molecule has 2 radical (unpaired) electrons. The van der Waals surface area contributed by atoms with Crippen molar-refractivity contribution in [2.24, 2.45) is 0 Å². The maximum absolute atomic E-state index is 4.23. The number of anilines is 2. The molecule has 2 aliphatic rings. The van der Waals surface area contributed by atoms with E-state index in [0.717, 1.165) is 0 Å². The summed E-state index contributed by atoms with van der Waals surface area (Å²) in [5.41, 5.74) is 20.2. The minimum atomic E-state index is 0.124. The molecule has 2 heteroatoms. The smallest absolute Gasteiger partial charge is 0.218 e. The zero-order valence-electron chi connectivity index (χ0n) is 36.0. The molecule has 8 aromatic rings. The van der Waals surface area contributed by atoms with Crippen molar-refractivity contribution in [3.63, 3.8) is 0 Å². The summed E-state index contributed by atoms with van der Waals surface area (Å²) < 4.78 is 0. The van der Waals surface area contributed by atoms with Crippen LogP contribution in [0.25, 0.3) is 22.2 Å². The lowest BCUT2D eigenvalue weighted by molar-refractivity contribution is 0.863. The van der Waals surface area contributed by atoms with E-state index in [2.05, 4.69) is 240 Å². The predicted octanol–water partition coefficient (Wildman–Crippen LogP) is 15.2. The van der Waals surface area contributed by atoms with Crippen LogP contribution in [0.5, 0.6) is 0 Å². The summed E-state index contributed by atoms with van der Waals surface area (Å²) in [6.07, 6.45) is 0. The van der Waals surface area contributed by atoms with Gasteiger partial charge in [-0.05, 0) is 63.7 Å². The summed E-state index contributed by atoms with van der Waals surface area (Å²) in [7, 11) is 0. The first-order chi connectivity index (χ1) is 29.8. The molecule has 1 heterocycles. The molecule has 0 spiro atoms. The zero-order valence-corrected chi connectivity index (χ0v) is 36.0. The standard InChI is InChI=1S/C59H52N2/c1-38-33-51(40(3)44-21-11-7-12-22-44)56(52(34-38)41(4)45-23-13-8-14-24-45)60-37-61(59-50-32-20-30-48-29-19-31-49(55(48)50)58(59)60)57-53(42(5)46-25-15-9-16-26-46)35-39(2)36-54(57)43(6)47-27-17-10-18-28-47/h7-36,40-43H,1-6H3/t40-,41?,42-,43?/m0/s1. The monoisotopic (exact) mass is 788 g/mol. The fourth-order valence-corrected chi connectivity index (χ4v) is 10.2. The van der Waals surface area contributed by atoms with E-state index in [4.69, 9.17) is 0 Å². The van der Waals surface area contributed by atoms with Gasteiger partial charge in [-0.3, -0.25) is 0 Å². The number of hydrogen-bond donors (Lipinski definition) is 0. The van der Waals surface area contributed by atoms with Gasteiger partial charge in [0.15, 0.2) is 0 Å². The molecule has 298 valence electrons. The van der Waals surface area contributed by atoms with Crippen LogP contribution in [0.4, 0.5) is 11.4 Å². The van der Waals surface area contributed by atoms with Crippen molar-refractivity contribution in [3.8, 4) is 0 Å². The first-order valence-electron chi connectivity index (χ1n) is 21.9. The van der Waals surface area contributed by atoms with Crippen LogP contribution in [0.2, 0.25) is 0 Å². The van der Waals surface area contributed by atoms with Crippen molar-refractivity contribution in [2.75, 3.05) is 9.80 Å². The van der Waals surface area contributed by atoms with Crippen LogP contribution in [0.1, 0.15) is 118 Å². The normalized spacial score (nSPS) is 15.2. The van der Waals surface area contributed by atoms with Gasteiger partial charge in [0.1, 0.15) is 0 Å². The van der Waals surface area contributed by atoms with Gasteiger partial charge in [0.25, 0.3) is 0 Å². The Hall–Kier alpha value is -6.64. The third kappa shape index (κ3) is 6.66. The molecular weight excluding hydrogens is 737 g/mol. The average Bonchev–Trinajstić information content (AvgIpc) is 3.86. The molecule has 0 bridgehead atoms. The molecular formula is C59H52N2. The molecule has 0 saturated carbocycles. The molecule has 0 fully saturated rings. The highest BCUT2D eigenvalue weighted by Crippen LogP contribution is 2.57. The Kier molecular flexibility index (Phi) is 9.96. The average molecular weight is 789 g/mol. The molecule has 0 saturated heterocycles. The van der Waals surface area contributed by atoms with Crippen LogP contribution in [-0.4, -0.2) is 0 Å². The molecule has 0 N–H and O–H groups in total. The minimum absolute atomic E-state index is 0.124. The lowest BCUT2D eigenvalue weighted by Crippen LogP contribution is -2.27. The Morgan fingerprint density at radius 1 is 0.361 bits per heavy atom. The summed E-state index contributed by atoms with van der Waals surface area (Å²) in [6, 6.07) is 67.4. The number of aryl methyl sites for hydroxylation is 2. The van der Waals surface area contributed by atoms with Gasteiger partial charge in [-0.1, -0.05) is 221 Å². The quantitative estimate of drug-likeness (QED) is 0.136. The highest BCUT2D eigenvalue weighted by atomic mass is 15.4. The highest BCUT2D eigenvalue weighted by molar-refractivity contribution is 6.22. The highest BCUT2D eigenvalue weighted by Gasteiger charge is 2.44. The number of benzene rings is 8. The Morgan fingerprint density at radius 2 is 0.656 bits per heavy atom. The molecule has 10 rings (SSSR count). The summed E-state index contributed by atoms with van der Waals surface area (Å²) in [6.45, 7) is 18.2. The van der Waals surface area contributed by atoms with Crippen LogP contribution in [0.3, 0.4) is 0 Å². The molecule has 61 heavy (non-hydrogen) atoms. The number of nitrogens with zero attached hydrogens (tertiary/aromatic N) is 2. The second-order valence-electron chi connectivity index (χ2n) is 17.3.